The van der Waals surface area contributed by atoms with Gasteiger partial charge in [-0.2, -0.15) is 0 Å². The number of carbonyl (C=O) groups excluding carboxylic acids is 1. The SMILES string of the molecule is CCN(CC)c1cncc(C(=O)[O-])c1. The van der Waals surface area contributed by atoms with Gasteiger partial charge in [-0.05, 0) is 19.9 Å². The number of rotatable bonds is 4. The first kappa shape index (κ1) is 10.5. The van der Waals surface area contributed by atoms with Crippen LogP contribution in [0.3, 0.4) is 0 Å². The maximum absolute atomic E-state index is 10.6. The zero-order chi connectivity index (χ0) is 10.6. The summed E-state index contributed by atoms with van der Waals surface area (Å²) in [7, 11) is 0. The van der Waals surface area contributed by atoms with Gasteiger partial charge in [-0.1, -0.05) is 0 Å². The van der Waals surface area contributed by atoms with Crippen molar-refractivity contribution in [3.8, 4) is 0 Å². The van der Waals surface area contributed by atoms with Crippen molar-refractivity contribution in [2.75, 3.05) is 18.0 Å². The van der Waals surface area contributed by atoms with E-state index in [0.29, 0.717) is 0 Å². The molecule has 1 aromatic heterocycles. The summed E-state index contributed by atoms with van der Waals surface area (Å²) in [6.45, 7) is 5.67. The lowest BCUT2D eigenvalue weighted by Gasteiger charge is -2.21. The van der Waals surface area contributed by atoms with Gasteiger partial charge in [0.05, 0.1) is 17.9 Å². The Hall–Kier alpha value is -1.58. The summed E-state index contributed by atoms with van der Waals surface area (Å²) < 4.78 is 0. The van der Waals surface area contributed by atoms with Crippen LogP contribution in [0.2, 0.25) is 0 Å². The Morgan fingerprint density at radius 2 is 2.07 bits per heavy atom. The predicted molar refractivity (Wildman–Crippen MR) is 52.1 cm³/mol. The van der Waals surface area contributed by atoms with Gasteiger partial charge in [0.2, 0.25) is 0 Å². The highest BCUT2D eigenvalue weighted by Crippen LogP contribution is 2.13. The molecule has 0 fully saturated rings. The fourth-order valence-electron chi connectivity index (χ4n) is 1.30. The number of carboxylic acids is 1. The minimum absolute atomic E-state index is 0.120. The Bertz CT molecular complexity index is 322. The van der Waals surface area contributed by atoms with Gasteiger partial charge in [0.15, 0.2) is 0 Å². The quantitative estimate of drug-likeness (QED) is 0.689. The summed E-state index contributed by atoms with van der Waals surface area (Å²) in [6.07, 6.45) is 2.95. The van der Waals surface area contributed by atoms with Crippen molar-refractivity contribution < 1.29 is 9.90 Å². The second-order valence-corrected chi connectivity index (χ2v) is 2.89. The average Bonchev–Trinajstić information content (AvgIpc) is 2.20. The minimum Gasteiger partial charge on any atom is -0.545 e. The van der Waals surface area contributed by atoms with Crippen molar-refractivity contribution in [3.05, 3.63) is 24.0 Å². The molecule has 0 aromatic carbocycles. The first-order chi connectivity index (χ1) is 6.69. The second-order valence-electron chi connectivity index (χ2n) is 2.89. The molecule has 0 unspecified atom stereocenters. The van der Waals surface area contributed by atoms with E-state index < -0.39 is 5.97 Å². The highest BCUT2D eigenvalue weighted by atomic mass is 16.4. The van der Waals surface area contributed by atoms with Gasteiger partial charge in [-0.25, -0.2) is 0 Å². The molecular formula is C10H13N2O2-. The lowest BCUT2D eigenvalue weighted by atomic mass is 10.2. The molecule has 0 atom stereocenters. The van der Waals surface area contributed by atoms with Gasteiger partial charge in [-0.15, -0.1) is 0 Å². The van der Waals surface area contributed by atoms with E-state index in [1.807, 2.05) is 18.7 Å². The molecule has 0 saturated heterocycles. The van der Waals surface area contributed by atoms with Crippen LogP contribution in [-0.2, 0) is 0 Å². The number of aromatic carboxylic acids is 1. The maximum atomic E-state index is 10.6. The fourth-order valence-corrected chi connectivity index (χ4v) is 1.30. The van der Waals surface area contributed by atoms with Gasteiger partial charge < -0.3 is 14.8 Å². The van der Waals surface area contributed by atoms with Crippen LogP contribution >= 0.6 is 0 Å². The number of aromatic nitrogens is 1. The van der Waals surface area contributed by atoms with Crippen molar-refractivity contribution >= 4 is 11.7 Å². The Morgan fingerprint density at radius 1 is 1.43 bits per heavy atom. The average molecular weight is 193 g/mol. The predicted octanol–water partition coefficient (Wildman–Crippen LogP) is 0.291. The topological polar surface area (TPSA) is 56.3 Å². The van der Waals surface area contributed by atoms with Crippen molar-refractivity contribution in [1.82, 2.24) is 4.98 Å². The van der Waals surface area contributed by atoms with E-state index >= 15 is 0 Å². The fraction of sp³-hybridized carbons (Fsp3) is 0.400. The summed E-state index contributed by atoms with van der Waals surface area (Å²) in [5, 5.41) is 10.6. The Kier molecular flexibility index (Phi) is 3.45. The summed E-state index contributed by atoms with van der Waals surface area (Å²) in [6, 6.07) is 1.58. The minimum atomic E-state index is -1.19. The second kappa shape index (κ2) is 4.60. The molecule has 0 amide bonds. The molecule has 0 aliphatic carbocycles. The van der Waals surface area contributed by atoms with Gasteiger partial charge in [-0.3, -0.25) is 4.98 Å². The summed E-state index contributed by atoms with van der Waals surface area (Å²) in [4.78, 5) is 16.5. The van der Waals surface area contributed by atoms with Crippen LogP contribution in [0.5, 0.6) is 0 Å². The zero-order valence-corrected chi connectivity index (χ0v) is 8.36. The third-order valence-electron chi connectivity index (χ3n) is 2.09. The standard InChI is InChI=1S/C10H14N2O2/c1-3-12(4-2)9-5-8(10(13)14)6-11-7-9/h5-7H,3-4H2,1-2H3,(H,13,14)/p-1. The lowest BCUT2D eigenvalue weighted by molar-refractivity contribution is -0.255. The lowest BCUT2D eigenvalue weighted by Crippen LogP contribution is -2.25. The van der Waals surface area contributed by atoms with E-state index in [-0.39, 0.29) is 5.56 Å². The van der Waals surface area contributed by atoms with Gasteiger partial charge in [0, 0.05) is 24.8 Å². The molecule has 0 bridgehead atoms. The first-order valence-electron chi connectivity index (χ1n) is 4.60. The zero-order valence-electron chi connectivity index (χ0n) is 8.36. The maximum Gasteiger partial charge on any atom is 0.0731 e. The van der Waals surface area contributed by atoms with Crippen molar-refractivity contribution in [3.63, 3.8) is 0 Å². The van der Waals surface area contributed by atoms with E-state index in [2.05, 4.69) is 4.98 Å². The Morgan fingerprint density at radius 3 is 2.57 bits per heavy atom. The van der Waals surface area contributed by atoms with Gasteiger partial charge in [0.1, 0.15) is 0 Å². The van der Waals surface area contributed by atoms with Crippen LogP contribution in [0.1, 0.15) is 24.2 Å². The van der Waals surface area contributed by atoms with Crippen molar-refractivity contribution in [1.29, 1.82) is 0 Å². The van der Waals surface area contributed by atoms with Crippen molar-refractivity contribution in [2.24, 2.45) is 0 Å². The van der Waals surface area contributed by atoms with Crippen LogP contribution < -0.4 is 10.0 Å². The summed E-state index contributed by atoms with van der Waals surface area (Å²) in [5.74, 6) is -1.19. The molecule has 0 spiro atoms. The van der Waals surface area contributed by atoms with E-state index in [1.54, 1.807) is 12.3 Å². The molecule has 1 aromatic rings. The third kappa shape index (κ3) is 2.22. The highest BCUT2D eigenvalue weighted by molar-refractivity contribution is 5.86. The van der Waals surface area contributed by atoms with Gasteiger partial charge in [0.25, 0.3) is 0 Å². The van der Waals surface area contributed by atoms with Crippen LogP contribution in [0.15, 0.2) is 18.5 Å². The Labute approximate surface area is 83.2 Å². The molecule has 0 saturated carbocycles. The number of carboxylic acid groups (broad SMARTS) is 1. The van der Waals surface area contributed by atoms with Crippen molar-refractivity contribution in [2.45, 2.75) is 13.8 Å². The number of anilines is 1. The molecule has 1 rings (SSSR count). The monoisotopic (exact) mass is 193 g/mol. The smallest absolute Gasteiger partial charge is 0.0731 e. The number of nitrogens with zero attached hydrogens (tertiary/aromatic N) is 2. The van der Waals surface area contributed by atoms with E-state index in [1.165, 1.54) is 6.20 Å². The van der Waals surface area contributed by atoms with Crippen LogP contribution in [0, 0.1) is 0 Å². The van der Waals surface area contributed by atoms with E-state index in [4.69, 9.17) is 0 Å². The number of hydrogen-bond acceptors (Lipinski definition) is 4. The Balaban J connectivity index is 2.98. The van der Waals surface area contributed by atoms with Crippen LogP contribution in [-0.4, -0.2) is 24.0 Å². The molecule has 0 aliphatic rings. The molecular weight excluding hydrogens is 180 g/mol. The van der Waals surface area contributed by atoms with Crippen LogP contribution in [0.4, 0.5) is 5.69 Å². The highest BCUT2D eigenvalue weighted by Gasteiger charge is 2.03. The largest absolute Gasteiger partial charge is 0.545 e. The van der Waals surface area contributed by atoms with E-state index in [0.717, 1.165) is 18.8 Å². The number of carbonyl (C=O) groups is 1. The molecule has 1 heterocycles. The van der Waals surface area contributed by atoms with Crippen LogP contribution in [0.25, 0.3) is 0 Å². The molecule has 4 nitrogen and oxygen atoms in total. The molecule has 76 valence electrons. The third-order valence-corrected chi connectivity index (χ3v) is 2.09. The molecule has 0 N–H and O–H groups in total. The summed E-state index contributed by atoms with van der Waals surface area (Å²) >= 11 is 0. The van der Waals surface area contributed by atoms with Gasteiger partial charge >= 0.3 is 0 Å². The normalized spacial score (nSPS) is 9.86. The summed E-state index contributed by atoms with van der Waals surface area (Å²) in [5.41, 5.74) is 0.936. The molecule has 4 heteroatoms. The molecule has 0 radical (unpaired) electrons. The first-order valence-corrected chi connectivity index (χ1v) is 4.60. The number of pyridine rings is 1. The number of hydrogen-bond donors (Lipinski definition) is 0. The molecule has 0 aliphatic heterocycles. The molecule has 14 heavy (non-hydrogen) atoms. The van der Waals surface area contributed by atoms with E-state index in [9.17, 15) is 9.90 Å².